The van der Waals surface area contributed by atoms with Crippen LogP contribution in [0.2, 0.25) is 19.1 Å². The van der Waals surface area contributed by atoms with Gasteiger partial charge < -0.3 is 5.32 Å². The van der Waals surface area contributed by atoms with Gasteiger partial charge >= 0.3 is 0 Å². The topological polar surface area (TPSA) is 29.1 Å². The highest BCUT2D eigenvalue weighted by atomic mass is 28.3. The van der Waals surface area contributed by atoms with Crippen LogP contribution in [0.5, 0.6) is 0 Å². The van der Waals surface area contributed by atoms with Crippen molar-refractivity contribution >= 4 is 14.0 Å². The zero-order valence-electron chi connectivity index (χ0n) is 21.4. The molecule has 3 heteroatoms. The average Bonchev–Trinajstić information content (AvgIpc) is 2.81. The van der Waals surface area contributed by atoms with E-state index in [0.29, 0.717) is 0 Å². The maximum atomic E-state index is 12.8. The maximum Gasteiger partial charge on any atom is 0.243 e. The first-order valence-corrected chi connectivity index (χ1v) is 16.3. The molecule has 180 valence electrons. The molecule has 0 bridgehead atoms. The Kier molecular flexibility index (Phi) is 12.2. The van der Waals surface area contributed by atoms with Crippen molar-refractivity contribution in [3.8, 4) is 0 Å². The quantitative estimate of drug-likeness (QED) is 0.160. The lowest BCUT2D eigenvalue weighted by molar-refractivity contribution is -0.117. The number of rotatable bonds is 15. The number of aryl methyl sites for hydroxylation is 1. The monoisotopic (exact) mass is 463 g/mol. The van der Waals surface area contributed by atoms with Crippen LogP contribution in [-0.2, 0) is 11.2 Å². The minimum Gasteiger partial charge on any atom is -0.345 e. The lowest BCUT2D eigenvalue weighted by Gasteiger charge is -2.20. The summed E-state index contributed by atoms with van der Waals surface area (Å²) in [5, 5.41) is 3.27. The van der Waals surface area contributed by atoms with Crippen molar-refractivity contribution in [1.29, 1.82) is 0 Å². The molecule has 1 amide bonds. The van der Waals surface area contributed by atoms with Gasteiger partial charge in [-0.2, -0.15) is 0 Å². The molecule has 33 heavy (non-hydrogen) atoms. The molecule has 0 heterocycles. The molecular formula is C30H45NOSi. The first-order valence-electron chi connectivity index (χ1n) is 13.0. The average molecular weight is 464 g/mol. The van der Waals surface area contributed by atoms with Gasteiger partial charge in [-0.3, -0.25) is 4.79 Å². The fourth-order valence-corrected chi connectivity index (χ4v) is 6.15. The Morgan fingerprint density at radius 2 is 1.48 bits per heavy atom. The standard InChI is InChI=1S/C30H45NOSi/c1-5-6-7-8-9-10-11-15-23-33(3,4)24-22-30(32)31-29(28-16-13-12-14-17-28)25-27-20-18-26(2)19-21-27/h12-14,16-22,24,29H,5-11,15,23,25H2,1-4H3,(H,31,32). The fraction of sp³-hybridized carbons (Fsp3) is 0.500. The Bertz CT molecular complexity index is 826. The first kappa shape index (κ1) is 27.1. The second-order valence-corrected chi connectivity index (χ2v) is 15.0. The molecule has 0 spiro atoms. The van der Waals surface area contributed by atoms with E-state index in [4.69, 9.17) is 0 Å². The van der Waals surface area contributed by atoms with E-state index < -0.39 is 8.07 Å². The van der Waals surface area contributed by atoms with Crippen LogP contribution in [-0.4, -0.2) is 14.0 Å². The van der Waals surface area contributed by atoms with Gasteiger partial charge in [-0.05, 0) is 30.5 Å². The van der Waals surface area contributed by atoms with E-state index >= 15 is 0 Å². The largest absolute Gasteiger partial charge is 0.345 e. The number of amides is 1. The molecule has 0 saturated carbocycles. The van der Waals surface area contributed by atoms with Crippen LogP contribution in [0.1, 0.15) is 81.0 Å². The minimum absolute atomic E-state index is 0.0208. The van der Waals surface area contributed by atoms with Crippen molar-refractivity contribution in [1.82, 2.24) is 5.32 Å². The summed E-state index contributed by atoms with van der Waals surface area (Å²) >= 11 is 0. The smallest absolute Gasteiger partial charge is 0.243 e. The molecule has 0 saturated heterocycles. The number of nitrogens with one attached hydrogen (secondary N) is 1. The molecule has 0 radical (unpaired) electrons. The third-order valence-corrected chi connectivity index (χ3v) is 9.15. The number of hydrogen-bond donors (Lipinski definition) is 1. The van der Waals surface area contributed by atoms with Crippen LogP contribution in [0.3, 0.4) is 0 Å². The number of carbonyl (C=O) groups is 1. The Morgan fingerprint density at radius 1 is 0.879 bits per heavy atom. The number of carbonyl (C=O) groups excluding carboxylic acids is 1. The summed E-state index contributed by atoms with van der Waals surface area (Å²) in [6.07, 6.45) is 13.4. The summed E-state index contributed by atoms with van der Waals surface area (Å²) in [6, 6.07) is 20.1. The maximum absolute atomic E-state index is 12.8. The zero-order chi connectivity index (χ0) is 23.9. The molecule has 2 aromatic carbocycles. The van der Waals surface area contributed by atoms with Crippen molar-refractivity contribution in [2.45, 2.75) is 96.8 Å². The lowest BCUT2D eigenvalue weighted by Crippen LogP contribution is -2.30. The van der Waals surface area contributed by atoms with Gasteiger partial charge in [0.2, 0.25) is 5.91 Å². The summed E-state index contributed by atoms with van der Waals surface area (Å²) in [4.78, 5) is 12.8. The normalized spacial score (nSPS) is 12.7. The van der Waals surface area contributed by atoms with Gasteiger partial charge in [0.25, 0.3) is 0 Å². The van der Waals surface area contributed by atoms with Crippen molar-refractivity contribution in [3.05, 3.63) is 83.1 Å². The highest BCUT2D eigenvalue weighted by molar-refractivity contribution is 6.82. The van der Waals surface area contributed by atoms with Gasteiger partial charge in [0.15, 0.2) is 0 Å². The summed E-state index contributed by atoms with van der Waals surface area (Å²) in [7, 11) is -1.50. The second-order valence-electron chi connectivity index (χ2n) is 10.2. The van der Waals surface area contributed by atoms with Gasteiger partial charge in [0, 0.05) is 0 Å². The van der Waals surface area contributed by atoms with Crippen LogP contribution < -0.4 is 5.32 Å². The lowest BCUT2D eigenvalue weighted by atomic mass is 9.98. The van der Waals surface area contributed by atoms with Crippen molar-refractivity contribution in [2.75, 3.05) is 0 Å². The molecule has 0 aromatic heterocycles. The molecule has 2 aromatic rings. The summed E-state index contributed by atoms with van der Waals surface area (Å²) in [5.74, 6) is 0.0208. The van der Waals surface area contributed by atoms with E-state index in [1.165, 1.54) is 68.5 Å². The van der Waals surface area contributed by atoms with E-state index in [0.717, 1.165) is 12.0 Å². The van der Waals surface area contributed by atoms with Crippen LogP contribution >= 0.6 is 0 Å². The van der Waals surface area contributed by atoms with Gasteiger partial charge in [0.1, 0.15) is 0 Å². The van der Waals surface area contributed by atoms with Gasteiger partial charge in [-0.1, -0.05) is 143 Å². The highest BCUT2D eigenvalue weighted by Crippen LogP contribution is 2.20. The zero-order valence-corrected chi connectivity index (χ0v) is 22.4. The van der Waals surface area contributed by atoms with Crippen LogP contribution in [0.25, 0.3) is 0 Å². The molecule has 0 aliphatic heterocycles. The third kappa shape index (κ3) is 11.5. The molecule has 2 nitrogen and oxygen atoms in total. The van der Waals surface area contributed by atoms with Gasteiger partial charge in [-0.25, -0.2) is 0 Å². The molecule has 0 fully saturated rings. The predicted octanol–water partition coefficient (Wildman–Crippen LogP) is 8.34. The molecule has 2 rings (SSSR count). The Labute approximate surface area is 203 Å². The fourth-order valence-electron chi connectivity index (χ4n) is 4.22. The predicted molar refractivity (Wildman–Crippen MR) is 146 cm³/mol. The third-order valence-electron chi connectivity index (χ3n) is 6.44. The van der Waals surface area contributed by atoms with Crippen LogP contribution in [0.4, 0.5) is 0 Å². The number of hydrogen-bond acceptors (Lipinski definition) is 1. The van der Waals surface area contributed by atoms with Crippen LogP contribution in [0.15, 0.2) is 66.4 Å². The molecule has 0 aliphatic rings. The van der Waals surface area contributed by atoms with Crippen molar-refractivity contribution in [2.24, 2.45) is 0 Å². The van der Waals surface area contributed by atoms with E-state index in [-0.39, 0.29) is 11.9 Å². The molecular weight excluding hydrogens is 418 g/mol. The van der Waals surface area contributed by atoms with E-state index in [9.17, 15) is 4.79 Å². The van der Waals surface area contributed by atoms with Gasteiger partial charge in [-0.15, -0.1) is 0 Å². The first-order chi connectivity index (χ1) is 15.9. The Morgan fingerprint density at radius 3 is 2.12 bits per heavy atom. The molecule has 1 N–H and O–H groups in total. The molecule has 1 atom stereocenters. The summed E-state index contributed by atoms with van der Waals surface area (Å²) in [5.41, 5.74) is 5.88. The van der Waals surface area contributed by atoms with Crippen LogP contribution in [0, 0.1) is 6.92 Å². The summed E-state index contributed by atoms with van der Waals surface area (Å²) in [6.45, 7) is 9.12. The van der Waals surface area contributed by atoms with E-state index in [1.807, 2.05) is 24.3 Å². The Balaban J connectivity index is 1.85. The van der Waals surface area contributed by atoms with Crippen molar-refractivity contribution < 1.29 is 4.79 Å². The second kappa shape index (κ2) is 14.9. The number of benzene rings is 2. The number of unbranched alkanes of at least 4 members (excludes halogenated alkanes) is 7. The van der Waals surface area contributed by atoms with Crippen molar-refractivity contribution in [3.63, 3.8) is 0 Å². The SMILES string of the molecule is CCCCCCCCCC[Si](C)(C)C=CC(=O)NC(Cc1ccc(C)cc1)c1ccccc1. The van der Waals surface area contributed by atoms with Gasteiger partial charge in [0.05, 0.1) is 14.1 Å². The molecule has 1 unspecified atom stereocenters. The van der Waals surface area contributed by atoms with E-state index in [1.54, 1.807) is 0 Å². The minimum atomic E-state index is -1.50. The Hall–Kier alpha value is -2.13. The summed E-state index contributed by atoms with van der Waals surface area (Å²) < 4.78 is 0. The highest BCUT2D eigenvalue weighted by Gasteiger charge is 2.18. The van der Waals surface area contributed by atoms with E-state index in [2.05, 4.69) is 74.4 Å². The molecule has 0 aliphatic carbocycles.